The molecule has 1 fully saturated rings. The zero-order valence-corrected chi connectivity index (χ0v) is 12.9. The van der Waals surface area contributed by atoms with Gasteiger partial charge >= 0.3 is 0 Å². The van der Waals surface area contributed by atoms with E-state index in [1.54, 1.807) is 0 Å². The molecule has 0 radical (unpaired) electrons. The van der Waals surface area contributed by atoms with Crippen LogP contribution in [0.2, 0.25) is 0 Å². The van der Waals surface area contributed by atoms with Gasteiger partial charge in [-0.2, -0.15) is 0 Å². The average Bonchev–Trinajstić information content (AvgIpc) is 3.25. The molecule has 106 valence electrons. The maximum Gasteiger partial charge on any atom is 0.124 e. The van der Waals surface area contributed by atoms with E-state index in [4.69, 9.17) is 4.98 Å². The van der Waals surface area contributed by atoms with Crippen LogP contribution in [0.3, 0.4) is 0 Å². The maximum absolute atomic E-state index is 4.90. The Morgan fingerprint density at radius 2 is 2.10 bits per heavy atom. The summed E-state index contributed by atoms with van der Waals surface area (Å²) in [6.45, 7) is 5.40. The quantitative estimate of drug-likeness (QED) is 0.873. The zero-order valence-electron chi connectivity index (χ0n) is 12.1. The first-order chi connectivity index (χ1) is 9.78. The molecule has 2 aromatic heterocycles. The second kappa shape index (κ2) is 6.02. The molecule has 0 spiro atoms. The third-order valence-electron chi connectivity index (χ3n) is 3.84. The molecular formula is C16H21N3S. The van der Waals surface area contributed by atoms with Gasteiger partial charge in [0.1, 0.15) is 5.01 Å². The molecule has 0 aromatic carbocycles. The van der Waals surface area contributed by atoms with E-state index in [-0.39, 0.29) is 0 Å². The molecule has 1 N–H and O–H groups in total. The molecule has 3 rings (SSSR count). The monoisotopic (exact) mass is 287 g/mol. The van der Waals surface area contributed by atoms with Crippen molar-refractivity contribution in [3.63, 3.8) is 0 Å². The molecule has 2 heterocycles. The van der Waals surface area contributed by atoms with Crippen LogP contribution in [-0.2, 0) is 6.54 Å². The van der Waals surface area contributed by atoms with Crippen LogP contribution in [0, 0.1) is 0 Å². The molecule has 1 aliphatic carbocycles. The molecule has 1 atom stereocenters. The number of rotatable bonds is 6. The van der Waals surface area contributed by atoms with Gasteiger partial charge in [0.05, 0.1) is 5.69 Å². The Morgan fingerprint density at radius 3 is 2.75 bits per heavy atom. The molecule has 2 aromatic rings. The van der Waals surface area contributed by atoms with Gasteiger partial charge in [-0.1, -0.05) is 6.92 Å². The third-order valence-corrected chi connectivity index (χ3v) is 4.96. The number of thiazole rings is 1. The molecular weight excluding hydrogens is 266 g/mol. The Balaban J connectivity index is 1.83. The van der Waals surface area contributed by atoms with Crippen molar-refractivity contribution in [1.82, 2.24) is 15.3 Å². The number of pyridine rings is 1. The van der Waals surface area contributed by atoms with Gasteiger partial charge in [-0.25, -0.2) is 4.98 Å². The van der Waals surface area contributed by atoms with Crippen molar-refractivity contribution in [1.29, 1.82) is 0 Å². The zero-order chi connectivity index (χ0) is 13.9. The largest absolute Gasteiger partial charge is 0.309 e. The smallest absolute Gasteiger partial charge is 0.124 e. The van der Waals surface area contributed by atoms with Crippen molar-refractivity contribution < 1.29 is 0 Å². The summed E-state index contributed by atoms with van der Waals surface area (Å²) in [5.74, 6) is 0.704. The van der Waals surface area contributed by atoms with Crippen LogP contribution in [0.5, 0.6) is 0 Å². The van der Waals surface area contributed by atoms with Crippen LogP contribution in [0.15, 0.2) is 24.5 Å². The van der Waals surface area contributed by atoms with E-state index in [0.29, 0.717) is 12.0 Å². The van der Waals surface area contributed by atoms with Crippen molar-refractivity contribution in [3.8, 4) is 10.6 Å². The van der Waals surface area contributed by atoms with Crippen molar-refractivity contribution in [3.05, 3.63) is 35.1 Å². The topological polar surface area (TPSA) is 37.8 Å². The number of hydrogen-bond donors (Lipinski definition) is 1. The summed E-state index contributed by atoms with van der Waals surface area (Å²) >= 11 is 1.83. The molecule has 1 aliphatic rings. The first-order valence-electron chi connectivity index (χ1n) is 7.41. The molecule has 0 amide bonds. The summed E-state index contributed by atoms with van der Waals surface area (Å²) in [5.41, 5.74) is 2.51. The molecule has 20 heavy (non-hydrogen) atoms. The highest BCUT2D eigenvalue weighted by Crippen LogP contribution is 2.44. The van der Waals surface area contributed by atoms with Gasteiger partial charge in [-0.05, 0) is 38.3 Å². The summed E-state index contributed by atoms with van der Waals surface area (Å²) < 4.78 is 0. The maximum atomic E-state index is 4.90. The average molecular weight is 287 g/mol. The summed E-state index contributed by atoms with van der Waals surface area (Å²) in [5, 5.41) is 4.73. The van der Waals surface area contributed by atoms with Gasteiger partial charge in [0.2, 0.25) is 0 Å². The van der Waals surface area contributed by atoms with Crippen LogP contribution in [0.1, 0.15) is 49.6 Å². The van der Waals surface area contributed by atoms with Crippen molar-refractivity contribution in [2.45, 2.75) is 51.6 Å². The number of hydrogen-bond acceptors (Lipinski definition) is 4. The second-order valence-corrected chi connectivity index (χ2v) is 6.61. The Labute approximate surface area is 124 Å². The normalized spacial score (nSPS) is 16.3. The summed E-state index contributed by atoms with van der Waals surface area (Å²) in [6.07, 6.45) is 7.44. The number of nitrogens with one attached hydrogen (secondary N) is 1. The summed E-state index contributed by atoms with van der Waals surface area (Å²) in [7, 11) is 0. The van der Waals surface area contributed by atoms with Crippen LogP contribution in [0.25, 0.3) is 10.6 Å². The van der Waals surface area contributed by atoms with E-state index in [1.165, 1.54) is 29.0 Å². The fraction of sp³-hybridized carbons (Fsp3) is 0.500. The minimum atomic E-state index is 0.563. The van der Waals surface area contributed by atoms with E-state index in [0.717, 1.165) is 18.0 Å². The first-order valence-corrected chi connectivity index (χ1v) is 8.23. The predicted molar refractivity (Wildman–Crippen MR) is 83.9 cm³/mol. The predicted octanol–water partition coefficient (Wildman–Crippen LogP) is 3.97. The van der Waals surface area contributed by atoms with Gasteiger partial charge < -0.3 is 5.32 Å². The fourth-order valence-corrected chi connectivity index (χ4v) is 3.30. The highest BCUT2D eigenvalue weighted by molar-refractivity contribution is 7.15. The molecule has 1 unspecified atom stereocenters. The first kappa shape index (κ1) is 13.7. The number of nitrogens with zero attached hydrogens (tertiary/aromatic N) is 2. The SMILES string of the molecule is CCC(C)NCc1sc(-c2ccncc2)nc1C1CC1. The van der Waals surface area contributed by atoms with E-state index in [9.17, 15) is 0 Å². The standard InChI is InChI=1S/C16H21N3S/c1-3-11(2)18-10-14-15(12-4-5-12)19-16(20-14)13-6-8-17-9-7-13/h6-9,11-12,18H,3-5,10H2,1-2H3. The Kier molecular flexibility index (Phi) is 4.13. The van der Waals surface area contributed by atoms with E-state index < -0.39 is 0 Å². The van der Waals surface area contributed by atoms with Gasteiger partial charge in [-0.3, -0.25) is 4.98 Å². The molecule has 0 aliphatic heterocycles. The lowest BCUT2D eigenvalue weighted by molar-refractivity contribution is 0.535. The van der Waals surface area contributed by atoms with Gasteiger partial charge in [-0.15, -0.1) is 11.3 Å². The molecule has 1 saturated carbocycles. The van der Waals surface area contributed by atoms with Crippen molar-refractivity contribution in [2.24, 2.45) is 0 Å². The molecule has 0 bridgehead atoms. The van der Waals surface area contributed by atoms with Crippen LogP contribution >= 0.6 is 11.3 Å². The molecule has 4 heteroatoms. The van der Waals surface area contributed by atoms with Crippen molar-refractivity contribution in [2.75, 3.05) is 0 Å². The van der Waals surface area contributed by atoms with E-state index >= 15 is 0 Å². The van der Waals surface area contributed by atoms with Crippen LogP contribution in [0.4, 0.5) is 0 Å². The molecule has 0 saturated heterocycles. The Hall–Kier alpha value is -1.26. The highest BCUT2D eigenvalue weighted by Gasteiger charge is 2.29. The van der Waals surface area contributed by atoms with Crippen LogP contribution < -0.4 is 5.32 Å². The minimum Gasteiger partial charge on any atom is -0.309 e. The summed E-state index contributed by atoms with van der Waals surface area (Å²) in [4.78, 5) is 10.4. The number of aromatic nitrogens is 2. The van der Waals surface area contributed by atoms with Gasteiger partial charge in [0.25, 0.3) is 0 Å². The lowest BCUT2D eigenvalue weighted by Gasteiger charge is -2.10. The highest BCUT2D eigenvalue weighted by atomic mass is 32.1. The molecule has 3 nitrogen and oxygen atoms in total. The minimum absolute atomic E-state index is 0.563. The lowest BCUT2D eigenvalue weighted by atomic mass is 10.2. The van der Waals surface area contributed by atoms with Gasteiger partial charge in [0.15, 0.2) is 0 Å². The summed E-state index contributed by atoms with van der Waals surface area (Å²) in [6, 6.07) is 4.65. The Bertz CT molecular complexity index is 560. The lowest BCUT2D eigenvalue weighted by Crippen LogP contribution is -2.24. The van der Waals surface area contributed by atoms with Crippen LogP contribution in [-0.4, -0.2) is 16.0 Å². The Morgan fingerprint density at radius 1 is 1.35 bits per heavy atom. The van der Waals surface area contributed by atoms with E-state index in [1.807, 2.05) is 35.9 Å². The third kappa shape index (κ3) is 3.07. The van der Waals surface area contributed by atoms with Gasteiger partial charge in [0, 0.05) is 41.3 Å². The fourth-order valence-electron chi connectivity index (χ4n) is 2.20. The van der Waals surface area contributed by atoms with E-state index in [2.05, 4.69) is 24.1 Å². The second-order valence-electron chi connectivity index (χ2n) is 5.53. The van der Waals surface area contributed by atoms with Crippen molar-refractivity contribution >= 4 is 11.3 Å².